The molecule has 2 heterocycles. The molecule has 0 unspecified atom stereocenters. The number of rotatable bonds is 1. The van der Waals surface area contributed by atoms with Gasteiger partial charge in [-0.2, -0.15) is 5.10 Å². The Morgan fingerprint density at radius 3 is 2.27 bits per heavy atom. The van der Waals surface area contributed by atoms with Crippen LogP contribution in [0.25, 0.3) is 10.9 Å². The number of aromatic hydroxyl groups is 1. The highest BCUT2D eigenvalue weighted by Gasteiger charge is 2.38. The van der Waals surface area contributed by atoms with E-state index in [-0.39, 0.29) is 11.6 Å². The second-order valence-corrected chi connectivity index (χ2v) is 5.14. The monoisotopic (exact) mass is 293 g/mol. The van der Waals surface area contributed by atoms with E-state index in [2.05, 4.69) is 5.10 Å². The quantitative estimate of drug-likeness (QED) is 0.697. The number of carbonyl (C=O) groups excluding carboxylic acids is 2. The summed E-state index contributed by atoms with van der Waals surface area (Å²) in [4.78, 5) is 26.1. The van der Waals surface area contributed by atoms with Gasteiger partial charge in [-0.1, -0.05) is 12.1 Å². The summed E-state index contributed by atoms with van der Waals surface area (Å²) >= 11 is 0. The lowest BCUT2D eigenvalue weighted by Gasteiger charge is -2.10. The van der Waals surface area contributed by atoms with E-state index in [0.717, 1.165) is 10.4 Å². The summed E-state index contributed by atoms with van der Waals surface area (Å²) in [6, 6.07) is 11.4. The summed E-state index contributed by atoms with van der Waals surface area (Å²) in [7, 11) is 1.72. The number of benzene rings is 2. The van der Waals surface area contributed by atoms with Gasteiger partial charge in [-0.05, 0) is 30.3 Å². The Kier molecular flexibility index (Phi) is 2.39. The molecule has 3 aromatic rings. The largest absolute Gasteiger partial charge is 0.508 e. The van der Waals surface area contributed by atoms with E-state index in [1.54, 1.807) is 42.1 Å². The number of anilines is 1. The van der Waals surface area contributed by atoms with Crippen molar-refractivity contribution in [2.24, 2.45) is 7.05 Å². The third-order valence-corrected chi connectivity index (χ3v) is 3.82. The SMILES string of the molecule is Cn1nc(N2C(=O)c3ccccc3C2=O)c2cc(O)ccc21. The molecule has 0 aliphatic carbocycles. The number of hydrogen-bond donors (Lipinski definition) is 1. The maximum absolute atomic E-state index is 12.5. The topological polar surface area (TPSA) is 75.4 Å². The molecule has 0 radical (unpaired) electrons. The van der Waals surface area contributed by atoms with Crippen LogP contribution in [0.4, 0.5) is 5.82 Å². The molecular formula is C16H11N3O3. The van der Waals surface area contributed by atoms with Crippen molar-refractivity contribution in [1.29, 1.82) is 0 Å². The minimum Gasteiger partial charge on any atom is -0.508 e. The van der Waals surface area contributed by atoms with Crippen molar-refractivity contribution in [2.45, 2.75) is 0 Å². The van der Waals surface area contributed by atoms with Crippen LogP contribution in [0, 0.1) is 0 Å². The van der Waals surface area contributed by atoms with Gasteiger partial charge in [0.15, 0.2) is 5.82 Å². The van der Waals surface area contributed by atoms with E-state index in [4.69, 9.17) is 0 Å². The van der Waals surface area contributed by atoms with Crippen molar-refractivity contribution in [3.05, 3.63) is 53.6 Å². The first-order valence-electron chi connectivity index (χ1n) is 6.71. The van der Waals surface area contributed by atoms with Gasteiger partial charge in [0, 0.05) is 12.4 Å². The number of carbonyl (C=O) groups is 2. The molecule has 6 heteroatoms. The highest BCUT2D eigenvalue weighted by molar-refractivity contribution is 6.35. The Bertz CT molecular complexity index is 923. The molecule has 1 aliphatic heterocycles. The van der Waals surface area contributed by atoms with Crippen LogP contribution in [-0.4, -0.2) is 26.7 Å². The molecule has 6 nitrogen and oxygen atoms in total. The van der Waals surface area contributed by atoms with Crippen LogP contribution in [0.3, 0.4) is 0 Å². The first-order valence-corrected chi connectivity index (χ1v) is 6.71. The lowest BCUT2D eigenvalue weighted by molar-refractivity contribution is 0.0925. The lowest BCUT2D eigenvalue weighted by Crippen LogP contribution is -2.30. The Labute approximate surface area is 125 Å². The number of imide groups is 1. The van der Waals surface area contributed by atoms with Gasteiger partial charge in [-0.3, -0.25) is 14.3 Å². The molecular weight excluding hydrogens is 282 g/mol. The van der Waals surface area contributed by atoms with Gasteiger partial charge in [0.25, 0.3) is 11.8 Å². The zero-order valence-electron chi connectivity index (χ0n) is 11.6. The van der Waals surface area contributed by atoms with Crippen molar-refractivity contribution in [2.75, 3.05) is 4.90 Å². The van der Waals surface area contributed by atoms with E-state index in [0.29, 0.717) is 16.5 Å². The average Bonchev–Trinajstić information content (AvgIpc) is 2.95. The number of phenolic OH excluding ortho intramolecular Hbond substituents is 1. The Morgan fingerprint density at radius 2 is 1.64 bits per heavy atom. The molecule has 0 saturated heterocycles. The number of hydrogen-bond acceptors (Lipinski definition) is 4. The fourth-order valence-corrected chi connectivity index (χ4v) is 2.78. The zero-order chi connectivity index (χ0) is 15.4. The van der Waals surface area contributed by atoms with Crippen molar-refractivity contribution in [3.8, 4) is 5.75 Å². The Hall–Kier alpha value is -3.15. The summed E-state index contributed by atoms with van der Waals surface area (Å²) in [6.07, 6.45) is 0. The molecule has 0 bridgehead atoms. The maximum atomic E-state index is 12.5. The average molecular weight is 293 g/mol. The number of aryl methyl sites for hydroxylation is 1. The van der Waals surface area contributed by atoms with Gasteiger partial charge >= 0.3 is 0 Å². The van der Waals surface area contributed by atoms with E-state index < -0.39 is 11.8 Å². The molecule has 1 aromatic heterocycles. The molecule has 4 rings (SSSR count). The molecule has 2 amide bonds. The van der Waals surface area contributed by atoms with Crippen LogP contribution < -0.4 is 4.90 Å². The van der Waals surface area contributed by atoms with Crippen LogP contribution in [0.15, 0.2) is 42.5 Å². The summed E-state index contributed by atoms with van der Waals surface area (Å²) in [5.41, 5.74) is 1.46. The predicted octanol–water partition coefficient (Wildman–Crippen LogP) is 2.08. The summed E-state index contributed by atoms with van der Waals surface area (Å²) in [5, 5.41) is 14.5. The third-order valence-electron chi connectivity index (χ3n) is 3.82. The molecule has 0 atom stereocenters. The number of amides is 2. The van der Waals surface area contributed by atoms with Gasteiger partial charge in [0.2, 0.25) is 0 Å². The molecule has 0 spiro atoms. The van der Waals surface area contributed by atoms with Crippen molar-refractivity contribution >= 4 is 28.5 Å². The molecule has 2 aromatic carbocycles. The van der Waals surface area contributed by atoms with Crippen LogP contribution in [-0.2, 0) is 7.05 Å². The number of aromatic nitrogens is 2. The molecule has 108 valence electrons. The molecule has 1 aliphatic rings. The Morgan fingerprint density at radius 1 is 1.00 bits per heavy atom. The van der Waals surface area contributed by atoms with Crippen LogP contribution in [0.2, 0.25) is 0 Å². The van der Waals surface area contributed by atoms with Gasteiger partial charge in [0.05, 0.1) is 16.6 Å². The Balaban J connectivity index is 1.96. The number of fused-ring (bicyclic) bond motifs is 2. The fourth-order valence-electron chi connectivity index (χ4n) is 2.78. The van der Waals surface area contributed by atoms with Gasteiger partial charge in [0.1, 0.15) is 5.75 Å². The second-order valence-electron chi connectivity index (χ2n) is 5.14. The minimum atomic E-state index is -0.399. The van der Waals surface area contributed by atoms with Crippen molar-refractivity contribution < 1.29 is 14.7 Å². The fraction of sp³-hybridized carbons (Fsp3) is 0.0625. The van der Waals surface area contributed by atoms with Crippen molar-refractivity contribution in [1.82, 2.24) is 9.78 Å². The molecule has 1 N–H and O–H groups in total. The van der Waals surface area contributed by atoms with Crippen molar-refractivity contribution in [3.63, 3.8) is 0 Å². The van der Waals surface area contributed by atoms with E-state index >= 15 is 0 Å². The standard InChI is InChI=1S/C16H11N3O3/c1-18-13-7-6-9(20)8-12(13)14(17-18)19-15(21)10-4-2-3-5-11(10)16(19)22/h2-8,20H,1H3. The maximum Gasteiger partial charge on any atom is 0.267 e. The second kappa shape index (κ2) is 4.17. The number of phenols is 1. The summed E-state index contributed by atoms with van der Waals surface area (Å²) < 4.78 is 1.58. The smallest absolute Gasteiger partial charge is 0.267 e. The molecule has 22 heavy (non-hydrogen) atoms. The first-order chi connectivity index (χ1) is 10.6. The highest BCUT2D eigenvalue weighted by Crippen LogP contribution is 2.34. The van der Waals surface area contributed by atoms with Gasteiger partial charge in [-0.15, -0.1) is 0 Å². The van der Waals surface area contributed by atoms with E-state index in [1.165, 1.54) is 12.1 Å². The number of nitrogens with zero attached hydrogens (tertiary/aromatic N) is 3. The first kappa shape index (κ1) is 12.6. The molecule has 0 fully saturated rings. The van der Waals surface area contributed by atoms with Gasteiger partial charge in [-0.25, -0.2) is 4.90 Å². The third kappa shape index (κ3) is 1.52. The zero-order valence-corrected chi connectivity index (χ0v) is 11.6. The normalized spacial score (nSPS) is 14.0. The van der Waals surface area contributed by atoms with E-state index in [1.807, 2.05) is 0 Å². The predicted molar refractivity (Wildman–Crippen MR) is 80.0 cm³/mol. The van der Waals surface area contributed by atoms with Gasteiger partial charge < -0.3 is 5.11 Å². The molecule has 0 saturated carbocycles. The summed E-state index contributed by atoms with van der Waals surface area (Å²) in [5.74, 6) is -0.508. The summed E-state index contributed by atoms with van der Waals surface area (Å²) in [6.45, 7) is 0. The van der Waals surface area contributed by atoms with E-state index in [9.17, 15) is 14.7 Å². The minimum absolute atomic E-state index is 0.0540. The van der Waals surface area contributed by atoms with Crippen LogP contribution >= 0.6 is 0 Å². The lowest BCUT2D eigenvalue weighted by atomic mass is 10.1. The van der Waals surface area contributed by atoms with Crippen LogP contribution in [0.1, 0.15) is 20.7 Å². The highest BCUT2D eigenvalue weighted by atomic mass is 16.3. The van der Waals surface area contributed by atoms with Crippen LogP contribution in [0.5, 0.6) is 5.75 Å².